The van der Waals surface area contributed by atoms with Gasteiger partial charge in [0.1, 0.15) is 0 Å². The van der Waals surface area contributed by atoms with E-state index in [1.54, 1.807) is 28.6 Å². The van der Waals surface area contributed by atoms with Gasteiger partial charge < -0.3 is 9.64 Å². The average molecular weight is 446 g/mol. The van der Waals surface area contributed by atoms with Crippen molar-refractivity contribution in [1.82, 2.24) is 14.7 Å². The number of carbonyl (C=O) groups is 3. The summed E-state index contributed by atoms with van der Waals surface area (Å²) >= 11 is 0. The van der Waals surface area contributed by atoms with E-state index in [0.717, 1.165) is 16.9 Å². The molecule has 0 unspecified atom stereocenters. The lowest BCUT2D eigenvalue weighted by molar-refractivity contribution is -0.132. The molecule has 1 aromatic heterocycles. The zero-order valence-corrected chi connectivity index (χ0v) is 18.9. The second-order valence-electron chi connectivity index (χ2n) is 8.10. The number of para-hydroxylation sites is 1. The summed E-state index contributed by atoms with van der Waals surface area (Å²) in [4.78, 5) is 39.7. The Hall–Kier alpha value is -3.74. The van der Waals surface area contributed by atoms with Gasteiger partial charge in [-0.1, -0.05) is 48.0 Å². The number of hydrogen-bond donors (Lipinski definition) is 0. The van der Waals surface area contributed by atoms with Gasteiger partial charge in [-0.2, -0.15) is 5.10 Å². The van der Waals surface area contributed by atoms with Crippen LogP contribution in [0.4, 0.5) is 0 Å². The molecule has 0 bridgehead atoms. The molecule has 2 aromatic carbocycles. The Morgan fingerprint density at radius 1 is 1.00 bits per heavy atom. The second kappa shape index (κ2) is 9.81. The molecule has 1 aliphatic heterocycles. The maximum atomic E-state index is 12.9. The van der Waals surface area contributed by atoms with Crippen molar-refractivity contribution in [3.05, 3.63) is 82.7 Å². The molecule has 7 heteroatoms. The molecule has 0 aliphatic carbocycles. The molecule has 0 fully saturated rings. The van der Waals surface area contributed by atoms with E-state index in [2.05, 4.69) is 5.10 Å². The summed E-state index contributed by atoms with van der Waals surface area (Å²) in [5.41, 5.74) is 4.41. The largest absolute Gasteiger partial charge is 0.461 e. The van der Waals surface area contributed by atoms with E-state index in [9.17, 15) is 14.4 Å². The van der Waals surface area contributed by atoms with Crippen molar-refractivity contribution in [3.63, 3.8) is 0 Å². The van der Waals surface area contributed by atoms with Crippen molar-refractivity contribution >= 4 is 17.7 Å². The van der Waals surface area contributed by atoms with Gasteiger partial charge in [-0.3, -0.25) is 9.59 Å². The number of ketones is 1. The number of Topliss-reactive ketones (excluding diaryl/α,β-unsaturated/α-hetero) is 1. The van der Waals surface area contributed by atoms with Gasteiger partial charge in [0.25, 0.3) is 0 Å². The SMILES string of the molecule is CCOC(=O)c1nn(-c2ccccc2)c2c1CN(C(=O)CCC(=O)c1ccc(C)cc1)CC2. The molecule has 0 saturated carbocycles. The van der Waals surface area contributed by atoms with Gasteiger partial charge in [0.2, 0.25) is 5.91 Å². The summed E-state index contributed by atoms with van der Waals surface area (Å²) in [6, 6.07) is 17.0. The molecule has 0 spiro atoms. The number of aryl methyl sites for hydroxylation is 1. The van der Waals surface area contributed by atoms with E-state index in [1.807, 2.05) is 49.4 Å². The minimum Gasteiger partial charge on any atom is -0.461 e. The Morgan fingerprint density at radius 2 is 1.73 bits per heavy atom. The molecule has 33 heavy (non-hydrogen) atoms. The predicted molar refractivity (Wildman–Crippen MR) is 123 cm³/mol. The number of amides is 1. The number of aromatic nitrogens is 2. The van der Waals surface area contributed by atoms with Crippen molar-refractivity contribution in [2.24, 2.45) is 0 Å². The topological polar surface area (TPSA) is 81.5 Å². The normalized spacial score (nSPS) is 12.8. The monoisotopic (exact) mass is 445 g/mol. The summed E-state index contributed by atoms with van der Waals surface area (Å²) in [5.74, 6) is -0.652. The van der Waals surface area contributed by atoms with Crippen LogP contribution in [-0.4, -0.2) is 45.5 Å². The highest BCUT2D eigenvalue weighted by Crippen LogP contribution is 2.26. The number of rotatable bonds is 7. The second-order valence-corrected chi connectivity index (χ2v) is 8.10. The van der Waals surface area contributed by atoms with Gasteiger partial charge in [-0.25, -0.2) is 9.48 Å². The zero-order chi connectivity index (χ0) is 23.4. The minimum absolute atomic E-state index is 0.0508. The number of hydrogen-bond acceptors (Lipinski definition) is 5. The first-order chi connectivity index (χ1) is 16.0. The highest BCUT2D eigenvalue weighted by atomic mass is 16.5. The van der Waals surface area contributed by atoms with Gasteiger partial charge in [0, 0.05) is 43.5 Å². The molecule has 0 N–H and O–H groups in total. The van der Waals surface area contributed by atoms with Gasteiger partial charge in [-0.15, -0.1) is 0 Å². The third-order valence-electron chi connectivity index (χ3n) is 5.82. The summed E-state index contributed by atoms with van der Waals surface area (Å²) < 4.78 is 6.98. The average Bonchev–Trinajstić information content (AvgIpc) is 3.22. The van der Waals surface area contributed by atoms with Gasteiger partial charge >= 0.3 is 5.97 Å². The molecular weight excluding hydrogens is 418 g/mol. The number of ether oxygens (including phenoxy) is 1. The summed E-state index contributed by atoms with van der Waals surface area (Å²) in [6.45, 7) is 4.74. The lowest BCUT2D eigenvalue weighted by Gasteiger charge is -2.28. The standard InChI is InChI=1S/C26H27N3O4/c1-3-33-26(32)25-21-17-28(16-15-22(21)29(27-25)20-7-5-4-6-8-20)24(31)14-13-23(30)19-11-9-18(2)10-12-19/h4-12H,3,13-17H2,1-2H3. The molecule has 0 radical (unpaired) electrons. The maximum absolute atomic E-state index is 12.9. The quantitative estimate of drug-likeness (QED) is 0.407. The fourth-order valence-corrected chi connectivity index (χ4v) is 4.04. The Labute approximate surface area is 193 Å². The minimum atomic E-state index is -0.493. The van der Waals surface area contributed by atoms with E-state index in [-0.39, 0.29) is 43.4 Å². The summed E-state index contributed by atoms with van der Waals surface area (Å²) in [5, 5.41) is 4.55. The van der Waals surface area contributed by atoms with Crippen molar-refractivity contribution in [1.29, 1.82) is 0 Å². The highest BCUT2D eigenvalue weighted by Gasteiger charge is 2.31. The summed E-state index contributed by atoms with van der Waals surface area (Å²) in [6.07, 6.45) is 0.844. The van der Waals surface area contributed by atoms with E-state index >= 15 is 0 Å². The number of benzene rings is 2. The molecule has 4 rings (SSSR count). The fourth-order valence-electron chi connectivity index (χ4n) is 4.04. The first kappa shape index (κ1) is 22.5. The third kappa shape index (κ3) is 4.87. The first-order valence-electron chi connectivity index (χ1n) is 11.2. The summed E-state index contributed by atoms with van der Waals surface area (Å²) in [7, 11) is 0. The van der Waals surface area contributed by atoms with Crippen LogP contribution in [0.5, 0.6) is 0 Å². The number of esters is 1. The van der Waals surface area contributed by atoms with E-state index in [1.165, 1.54) is 0 Å². The molecule has 1 amide bonds. The van der Waals surface area contributed by atoms with Crippen LogP contribution in [0.15, 0.2) is 54.6 Å². The first-order valence-corrected chi connectivity index (χ1v) is 11.2. The van der Waals surface area contributed by atoms with Gasteiger partial charge in [-0.05, 0) is 26.0 Å². The number of fused-ring (bicyclic) bond motifs is 1. The molecule has 2 heterocycles. The Balaban J connectivity index is 1.51. The predicted octanol–water partition coefficient (Wildman–Crippen LogP) is 3.91. The van der Waals surface area contributed by atoms with Crippen molar-refractivity contribution in [2.45, 2.75) is 39.7 Å². The molecule has 0 atom stereocenters. The van der Waals surface area contributed by atoms with Crippen LogP contribution in [0, 0.1) is 6.92 Å². The van der Waals surface area contributed by atoms with E-state index < -0.39 is 5.97 Å². The Bertz CT molecular complexity index is 1170. The van der Waals surface area contributed by atoms with Crippen molar-refractivity contribution < 1.29 is 19.1 Å². The number of carbonyl (C=O) groups excluding carboxylic acids is 3. The molecule has 0 saturated heterocycles. The van der Waals surface area contributed by atoms with Crippen LogP contribution in [0.3, 0.4) is 0 Å². The van der Waals surface area contributed by atoms with Crippen LogP contribution < -0.4 is 0 Å². The van der Waals surface area contributed by atoms with Gasteiger partial charge in [0.15, 0.2) is 11.5 Å². The van der Waals surface area contributed by atoms with Crippen molar-refractivity contribution in [3.8, 4) is 5.69 Å². The van der Waals surface area contributed by atoms with Crippen LogP contribution in [0.2, 0.25) is 0 Å². The fraction of sp³-hybridized carbons (Fsp3) is 0.308. The van der Waals surface area contributed by atoms with Crippen molar-refractivity contribution in [2.75, 3.05) is 13.2 Å². The smallest absolute Gasteiger partial charge is 0.359 e. The maximum Gasteiger partial charge on any atom is 0.359 e. The lowest BCUT2D eigenvalue weighted by Crippen LogP contribution is -2.36. The molecule has 3 aromatic rings. The van der Waals surface area contributed by atoms with Crippen LogP contribution in [-0.2, 0) is 22.5 Å². The Morgan fingerprint density at radius 3 is 2.42 bits per heavy atom. The molecule has 7 nitrogen and oxygen atoms in total. The molecule has 170 valence electrons. The zero-order valence-electron chi connectivity index (χ0n) is 18.9. The van der Waals surface area contributed by atoms with Gasteiger partial charge in [0.05, 0.1) is 18.0 Å². The van der Waals surface area contributed by atoms with E-state index in [0.29, 0.717) is 24.1 Å². The number of nitrogens with zero attached hydrogens (tertiary/aromatic N) is 3. The molecular formula is C26H27N3O4. The Kier molecular flexibility index (Phi) is 6.68. The highest BCUT2D eigenvalue weighted by molar-refractivity contribution is 5.98. The van der Waals surface area contributed by atoms with Crippen LogP contribution in [0.1, 0.15) is 57.4 Å². The van der Waals surface area contributed by atoms with Crippen LogP contribution in [0.25, 0.3) is 5.69 Å². The van der Waals surface area contributed by atoms with E-state index in [4.69, 9.17) is 4.74 Å². The molecule has 1 aliphatic rings. The lowest BCUT2D eigenvalue weighted by atomic mass is 10.0. The van der Waals surface area contributed by atoms with Crippen LogP contribution >= 0.6 is 0 Å². The third-order valence-corrected chi connectivity index (χ3v) is 5.82.